The van der Waals surface area contributed by atoms with E-state index >= 15 is 0 Å². The standard InChI is InChI=1S/C9H10BrNO3/c1-13-6-4-11(5-6)9(12)7-2-3-14-8(7)10/h2-3,6H,4-5H2,1H3. The Morgan fingerprint density at radius 2 is 2.43 bits per heavy atom. The van der Waals surface area contributed by atoms with Gasteiger partial charge >= 0.3 is 0 Å². The van der Waals surface area contributed by atoms with Gasteiger partial charge in [-0.05, 0) is 22.0 Å². The Morgan fingerprint density at radius 3 is 2.93 bits per heavy atom. The molecule has 0 saturated carbocycles. The predicted octanol–water partition coefficient (Wildman–Crippen LogP) is 1.51. The smallest absolute Gasteiger partial charge is 0.258 e. The monoisotopic (exact) mass is 259 g/mol. The fourth-order valence-electron chi connectivity index (χ4n) is 1.37. The van der Waals surface area contributed by atoms with Crippen molar-refractivity contribution in [3.8, 4) is 0 Å². The lowest BCUT2D eigenvalue weighted by atomic mass is 10.1. The number of halogens is 1. The van der Waals surface area contributed by atoms with Crippen LogP contribution in [0.25, 0.3) is 0 Å². The SMILES string of the molecule is COC1CN(C(=O)c2ccoc2Br)C1. The van der Waals surface area contributed by atoms with E-state index in [2.05, 4.69) is 15.9 Å². The second kappa shape index (κ2) is 3.74. The van der Waals surface area contributed by atoms with Crippen molar-refractivity contribution < 1.29 is 13.9 Å². The van der Waals surface area contributed by atoms with Crippen LogP contribution in [0.4, 0.5) is 0 Å². The summed E-state index contributed by atoms with van der Waals surface area (Å²) in [7, 11) is 1.65. The molecule has 1 saturated heterocycles. The average Bonchev–Trinajstić information content (AvgIpc) is 2.49. The van der Waals surface area contributed by atoms with Crippen LogP contribution < -0.4 is 0 Å². The Labute approximate surface area is 89.9 Å². The minimum Gasteiger partial charge on any atom is -0.457 e. The molecule has 5 heteroatoms. The van der Waals surface area contributed by atoms with E-state index in [1.807, 2.05) is 0 Å². The first kappa shape index (κ1) is 9.73. The molecule has 1 fully saturated rings. The summed E-state index contributed by atoms with van der Waals surface area (Å²) in [4.78, 5) is 13.5. The van der Waals surface area contributed by atoms with Crippen LogP contribution in [0.2, 0.25) is 0 Å². The fourth-order valence-corrected chi connectivity index (χ4v) is 1.78. The number of ether oxygens (including phenoxy) is 1. The zero-order chi connectivity index (χ0) is 10.1. The molecule has 0 atom stereocenters. The third kappa shape index (κ3) is 1.57. The van der Waals surface area contributed by atoms with Gasteiger partial charge in [-0.2, -0.15) is 0 Å². The second-order valence-electron chi connectivity index (χ2n) is 3.18. The van der Waals surface area contributed by atoms with Crippen molar-refractivity contribution in [3.63, 3.8) is 0 Å². The summed E-state index contributed by atoms with van der Waals surface area (Å²) in [5, 5.41) is 0. The van der Waals surface area contributed by atoms with E-state index in [0.29, 0.717) is 23.3 Å². The van der Waals surface area contributed by atoms with Crippen LogP contribution in [0.3, 0.4) is 0 Å². The first-order chi connectivity index (χ1) is 6.72. The van der Waals surface area contributed by atoms with Crippen molar-refractivity contribution in [3.05, 3.63) is 22.6 Å². The highest BCUT2D eigenvalue weighted by molar-refractivity contribution is 9.10. The third-order valence-corrected chi connectivity index (χ3v) is 2.93. The summed E-state index contributed by atoms with van der Waals surface area (Å²) < 4.78 is 10.6. The van der Waals surface area contributed by atoms with Crippen LogP contribution in [0, 0.1) is 0 Å². The van der Waals surface area contributed by atoms with Crippen molar-refractivity contribution in [2.45, 2.75) is 6.10 Å². The predicted molar refractivity (Wildman–Crippen MR) is 53.1 cm³/mol. The van der Waals surface area contributed by atoms with Crippen LogP contribution in [0.1, 0.15) is 10.4 Å². The molecule has 0 spiro atoms. The zero-order valence-electron chi connectivity index (χ0n) is 7.70. The molecule has 2 heterocycles. The quantitative estimate of drug-likeness (QED) is 0.809. The highest BCUT2D eigenvalue weighted by Gasteiger charge is 2.32. The molecule has 2 rings (SSSR count). The van der Waals surface area contributed by atoms with Crippen molar-refractivity contribution in [2.24, 2.45) is 0 Å². The van der Waals surface area contributed by atoms with Crippen LogP contribution in [-0.4, -0.2) is 37.1 Å². The van der Waals surface area contributed by atoms with Gasteiger partial charge in [0.1, 0.15) is 0 Å². The van der Waals surface area contributed by atoms with E-state index in [1.165, 1.54) is 6.26 Å². The Morgan fingerprint density at radius 1 is 1.71 bits per heavy atom. The zero-order valence-corrected chi connectivity index (χ0v) is 9.28. The van der Waals surface area contributed by atoms with E-state index < -0.39 is 0 Å². The van der Waals surface area contributed by atoms with Gasteiger partial charge in [-0.3, -0.25) is 4.79 Å². The number of hydrogen-bond acceptors (Lipinski definition) is 3. The molecule has 0 aliphatic carbocycles. The third-order valence-electron chi connectivity index (χ3n) is 2.32. The molecule has 1 aromatic heterocycles. The molecule has 0 radical (unpaired) electrons. The largest absolute Gasteiger partial charge is 0.457 e. The lowest BCUT2D eigenvalue weighted by Gasteiger charge is -2.37. The van der Waals surface area contributed by atoms with Crippen molar-refractivity contribution in [2.75, 3.05) is 20.2 Å². The minimum atomic E-state index is -0.0149. The van der Waals surface area contributed by atoms with Gasteiger partial charge in [0, 0.05) is 20.2 Å². The lowest BCUT2D eigenvalue weighted by molar-refractivity contribution is -0.0192. The number of nitrogens with zero attached hydrogens (tertiary/aromatic N) is 1. The molecule has 0 N–H and O–H groups in total. The maximum Gasteiger partial charge on any atom is 0.258 e. The number of carbonyl (C=O) groups excluding carboxylic acids is 1. The number of methoxy groups -OCH3 is 1. The molecule has 0 unspecified atom stereocenters. The van der Waals surface area contributed by atoms with Gasteiger partial charge in [0.2, 0.25) is 0 Å². The van der Waals surface area contributed by atoms with E-state index in [9.17, 15) is 4.79 Å². The second-order valence-corrected chi connectivity index (χ2v) is 3.90. The topological polar surface area (TPSA) is 42.7 Å². The van der Waals surface area contributed by atoms with Gasteiger partial charge in [0.15, 0.2) is 4.67 Å². The summed E-state index contributed by atoms with van der Waals surface area (Å²) in [5.74, 6) is -0.0149. The van der Waals surface area contributed by atoms with Gasteiger partial charge in [-0.1, -0.05) is 0 Å². The van der Waals surface area contributed by atoms with E-state index in [1.54, 1.807) is 18.1 Å². The highest BCUT2D eigenvalue weighted by atomic mass is 79.9. The molecule has 1 amide bonds. The average molecular weight is 260 g/mol. The molecule has 4 nitrogen and oxygen atoms in total. The van der Waals surface area contributed by atoms with Gasteiger partial charge in [0.25, 0.3) is 5.91 Å². The maximum atomic E-state index is 11.8. The van der Waals surface area contributed by atoms with Crippen molar-refractivity contribution in [1.29, 1.82) is 0 Å². The van der Waals surface area contributed by atoms with Crippen LogP contribution in [0.15, 0.2) is 21.4 Å². The molecule has 1 aliphatic rings. The lowest BCUT2D eigenvalue weighted by Crippen LogP contribution is -2.54. The number of amides is 1. The number of furan rings is 1. The summed E-state index contributed by atoms with van der Waals surface area (Å²) in [5.41, 5.74) is 0.569. The van der Waals surface area contributed by atoms with Gasteiger partial charge < -0.3 is 14.1 Å². The van der Waals surface area contributed by atoms with Crippen molar-refractivity contribution >= 4 is 21.8 Å². The van der Waals surface area contributed by atoms with Gasteiger partial charge in [-0.15, -0.1) is 0 Å². The Hall–Kier alpha value is -0.810. The Kier molecular flexibility index (Phi) is 2.60. The molecular weight excluding hydrogens is 250 g/mol. The number of hydrogen-bond donors (Lipinski definition) is 0. The van der Waals surface area contributed by atoms with Crippen LogP contribution in [-0.2, 0) is 4.74 Å². The van der Waals surface area contributed by atoms with E-state index in [-0.39, 0.29) is 12.0 Å². The summed E-state index contributed by atoms with van der Waals surface area (Å²) in [6.07, 6.45) is 1.68. The molecule has 76 valence electrons. The molecule has 14 heavy (non-hydrogen) atoms. The van der Waals surface area contributed by atoms with E-state index in [4.69, 9.17) is 9.15 Å². The fraction of sp³-hybridized carbons (Fsp3) is 0.444. The molecule has 1 aromatic rings. The molecule has 0 aromatic carbocycles. The summed E-state index contributed by atoms with van der Waals surface area (Å²) >= 11 is 3.18. The number of rotatable bonds is 2. The molecule has 0 bridgehead atoms. The first-order valence-electron chi connectivity index (χ1n) is 4.27. The Bertz CT molecular complexity index is 344. The van der Waals surface area contributed by atoms with Crippen LogP contribution >= 0.6 is 15.9 Å². The molecule has 1 aliphatic heterocycles. The van der Waals surface area contributed by atoms with Gasteiger partial charge in [-0.25, -0.2) is 0 Å². The number of likely N-dealkylation sites (tertiary alicyclic amines) is 1. The normalized spacial score (nSPS) is 16.9. The highest BCUT2D eigenvalue weighted by Crippen LogP contribution is 2.22. The first-order valence-corrected chi connectivity index (χ1v) is 5.06. The summed E-state index contributed by atoms with van der Waals surface area (Å²) in [6.45, 7) is 1.32. The summed E-state index contributed by atoms with van der Waals surface area (Å²) in [6, 6.07) is 1.66. The molecular formula is C9H10BrNO3. The Balaban J connectivity index is 2.01. The van der Waals surface area contributed by atoms with Crippen LogP contribution in [0.5, 0.6) is 0 Å². The number of carbonyl (C=O) groups is 1. The maximum absolute atomic E-state index is 11.8. The van der Waals surface area contributed by atoms with E-state index in [0.717, 1.165) is 0 Å². The minimum absolute atomic E-state index is 0.0149. The van der Waals surface area contributed by atoms with Gasteiger partial charge in [0.05, 0.1) is 17.9 Å². The van der Waals surface area contributed by atoms with Crippen molar-refractivity contribution in [1.82, 2.24) is 4.90 Å².